The van der Waals surface area contributed by atoms with Gasteiger partial charge in [0.15, 0.2) is 13.1 Å². The molecule has 0 radical (unpaired) electrons. The van der Waals surface area contributed by atoms with Crippen LogP contribution in [0.3, 0.4) is 0 Å². The first-order valence-electron chi connectivity index (χ1n) is 7.83. The van der Waals surface area contributed by atoms with Gasteiger partial charge in [-0.1, -0.05) is 0 Å². The van der Waals surface area contributed by atoms with Crippen molar-refractivity contribution in [3.8, 4) is 0 Å². The van der Waals surface area contributed by atoms with Crippen LogP contribution in [-0.2, 0) is 22.7 Å². The molecule has 0 aromatic carbocycles. The van der Waals surface area contributed by atoms with Gasteiger partial charge in [0.2, 0.25) is 6.33 Å². The first-order valence-corrected chi connectivity index (χ1v) is 7.83. The Morgan fingerprint density at radius 1 is 0.905 bits per heavy atom. The molecule has 3 rings (SSSR count). The van der Waals surface area contributed by atoms with Crippen LogP contribution >= 0.6 is 0 Å². The molecule has 2 fully saturated rings. The molecule has 6 nitrogen and oxygen atoms in total. The Kier molecular flexibility index (Phi) is 4.22. The van der Waals surface area contributed by atoms with E-state index >= 15 is 0 Å². The number of carbonyl (C=O) groups is 2. The lowest BCUT2D eigenvalue weighted by Crippen LogP contribution is -2.42. The summed E-state index contributed by atoms with van der Waals surface area (Å²) in [5.41, 5.74) is 0. The number of hydrogen-bond donors (Lipinski definition) is 0. The summed E-state index contributed by atoms with van der Waals surface area (Å²) in [5.74, 6) is 0.335. The van der Waals surface area contributed by atoms with Gasteiger partial charge in [0.05, 0.1) is 0 Å². The molecule has 0 spiro atoms. The maximum absolute atomic E-state index is 12.1. The molecule has 2 aliphatic heterocycles. The van der Waals surface area contributed by atoms with E-state index < -0.39 is 0 Å². The minimum absolute atomic E-state index is 0.168. The Balaban J connectivity index is 1.53. The average Bonchev–Trinajstić information content (AvgIpc) is 3.22. The number of amides is 2. The van der Waals surface area contributed by atoms with Crippen LogP contribution in [0.1, 0.15) is 25.7 Å². The van der Waals surface area contributed by atoms with Gasteiger partial charge in [0.25, 0.3) is 11.8 Å². The van der Waals surface area contributed by atoms with Gasteiger partial charge >= 0.3 is 0 Å². The molecule has 0 N–H and O–H groups in total. The van der Waals surface area contributed by atoms with Crippen molar-refractivity contribution in [3.63, 3.8) is 0 Å². The fraction of sp³-hybridized carbons (Fsp3) is 0.667. The van der Waals surface area contributed by atoms with E-state index in [1.807, 2.05) is 37.7 Å². The van der Waals surface area contributed by atoms with Gasteiger partial charge in [0, 0.05) is 26.2 Å². The zero-order valence-corrected chi connectivity index (χ0v) is 12.4. The molecule has 0 aliphatic carbocycles. The lowest BCUT2D eigenvalue weighted by atomic mass is 10.4. The molecule has 3 heterocycles. The van der Waals surface area contributed by atoms with Crippen molar-refractivity contribution < 1.29 is 14.2 Å². The van der Waals surface area contributed by atoms with Crippen LogP contribution in [0.5, 0.6) is 0 Å². The minimum atomic E-state index is 0.168. The number of nitrogens with zero attached hydrogens (tertiary/aromatic N) is 4. The lowest BCUT2D eigenvalue weighted by Gasteiger charge is -2.13. The third-order valence-corrected chi connectivity index (χ3v) is 4.30. The molecule has 0 bridgehead atoms. The highest BCUT2D eigenvalue weighted by atomic mass is 16.2. The van der Waals surface area contributed by atoms with Crippen molar-refractivity contribution in [1.29, 1.82) is 0 Å². The number of carbonyl (C=O) groups excluding carboxylic acids is 2. The number of imidazole rings is 1. The number of likely N-dealkylation sites (tertiary alicyclic amines) is 2. The molecular formula is C15H23N4O2+. The van der Waals surface area contributed by atoms with E-state index in [2.05, 4.69) is 0 Å². The van der Waals surface area contributed by atoms with Crippen LogP contribution in [-0.4, -0.2) is 52.4 Å². The van der Waals surface area contributed by atoms with Gasteiger partial charge in [-0.05, 0) is 25.7 Å². The second-order valence-electron chi connectivity index (χ2n) is 5.93. The highest BCUT2D eigenvalue weighted by Gasteiger charge is 2.22. The summed E-state index contributed by atoms with van der Waals surface area (Å²) in [5, 5.41) is 0. The SMILES string of the molecule is O=C(Cn1cc[n+](CC(=O)N2CCCC2)c1)N1CCCC1. The monoisotopic (exact) mass is 291 g/mol. The Hall–Kier alpha value is -1.85. The van der Waals surface area contributed by atoms with Crippen LogP contribution in [0.2, 0.25) is 0 Å². The van der Waals surface area contributed by atoms with E-state index in [4.69, 9.17) is 0 Å². The summed E-state index contributed by atoms with van der Waals surface area (Å²) < 4.78 is 3.72. The third-order valence-electron chi connectivity index (χ3n) is 4.30. The maximum Gasteiger partial charge on any atom is 0.264 e. The highest BCUT2D eigenvalue weighted by molar-refractivity contribution is 5.76. The van der Waals surface area contributed by atoms with E-state index in [0.717, 1.165) is 51.9 Å². The smallest absolute Gasteiger partial charge is 0.264 e. The molecule has 2 aliphatic rings. The van der Waals surface area contributed by atoms with Gasteiger partial charge in [-0.2, -0.15) is 0 Å². The molecule has 2 amide bonds. The van der Waals surface area contributed by atoms with Crippen LogP contribution < -0.4 is 4.57 Å². The second-order valence-corrected chi connectivity index (χ2v) is 5.93. The summed E-state index contributed by atoms with van der Waals surface area (Å²) in [6.45, 7) is 4.26. The van der Waals surface area contributed by atoms with E-state index in [0.29, 0.717) is 13.1 Å². The molecule has 1 aromatic rings. The number of hydrogen-bond acceptors (Lipinski definition) is 2. The molecule has 1 aromatic heterocycles. The molecule has 0 unspecified atom stereocenters. The first-order chi connectivity index (χ1) is 10.2. The summed E-state index contributed by atoms with van der Waals surface area (Å²) in [4.78, 5) is 28.0. The van der Waals surface area contributed by atoms with E-state index in [1.54, 1.807) is 0 Å². The quantitative estimate of drug-likeness (QED) is 0.734. The Bertz CT molecular complexity index is 469. The Morgan fingerprint density at radius 3 is 2.10 bits per heavy atom. The van der Waals surface area contributed by atoms with Crippen molar-refractivity contribution >= 4 is 11.8 Å². The summed E-state index contributed by atoms with van der Waals surface area (Å²) in [6.07, 6.45) is 10.0. The van der Waals surface area contributed by atoms with E-state index in [-0.39, 0.29) is 11.8 Å². The van der Waals surface area contributed by atoms with Gasteiger partial charge in [-0.25, -0.2) is 9.13 Å². The molecule has 21 heavy (non-hydrogen) atoms. The van der Waals surface area contributed by atoms with Crippen molar-refractivity contribution in [2.24, 2.45) is 0 Å². The van der Waals surface area contributed by atoms with Crippen LogP contribution in [0.25, 0.3) is 0 Å². The van der Waals surface area contributed by atoms with Crippen LogP contribution in [0.15, 0.2) is 18.7 Å². The first kappa shape index (κ1) is 14.1. The van der Waals surface area contributed by atoms with Gasteiger partial charge in [-0.15, -0.1) is 0 Å². The summed E-state index contributed by atoms with van der Waals surface area (Å²) in [6, 6.07) is 0. The topological polar surface area (TPSA) is 49.4 Å². The van der Waals surface area contributed by atoms with E-state index in [1.165, 1.54) is 0 Å². The van der Waals surface area contributed by atoms with Gasteiger partial charge in [0.1, 0.15) is 12.4 Å². The predicted molar refractivity (Wildman–Crippen MR) is 76.3 cm³/mol. The molecule has 6 heteroatoms. The van der Waals surface area contributed by atoms with Crippen molar-refractivity contribution in [2.45, 2.75) is 38.8 Å². The predicted octanol–water partition coefficient (Wildman–Crippen LogP) is 0.0204. The lowest BCUT2D eigenvalue weighted by molar-refractivity contribution is -0.684. The van der Waals surface area contributed by atoms with Crippen LogP contribution in [0.4, 0.5) is 0 Å². The van der Waals surface area contributed by atoms with Crippen LogP contribution in [0, 0.1) is 0 Å². The Labute approximate surface area is 124 Å². The number of rotatable bonds is 4. The summed E-state index contributed by atoms with van der Waals surface area (Å²) in [7, 11) is 0. The fourth-order valence-corrected chi connectivity index (χ4v) is 3.07. The minimum Gasteiger partial charge on any atom is -0.339 e. The average molecular weight is 291 g/mol. The standard InChI is InChI=1S/C15H23N4O2/c20-14(18-5-1-2-6-18)11-16-9-10-17(13-16)12-15(21)19-7-3-4-8-19/h9-10,13H,1-8,11-12H2/q+1. The molecule has 0 saturated carbocycles. The normalized spacial score (nSPS) is 18.5. The number of aromatic nitrogens is 2. The second kappa shape index (κ2) is 6.28. The molecule has 2 saturated heterocycles. The molecule has 0 atom stereocenters. The van der Waals surface area contributed by atoms with Crippen molar-refractivity contribution in [2.75, 3.05) is 26.2 Å². The van der Waals surface area contributed by atoms with Gasteiger partial charge < -0.3 is 9.80 Å². The largest absolute Gasteiger partial charge is 0.339 e. The third kappa shape index (κ3) is 3.43. The molecule has 114 valence electrons. The zero-order chi connectivity index (χ0) is 14.7. The van der Waals surface area contributed by atoms with E-state index in [9.17, 15) is 9.59 Å². The van der Waals surface area contributed by atoms with Crippen molar-refractivity contribution in [1.82, 2.24) is 14.4 Å². The van der Waals surface area contributed by atoms with Gasteiger partial charge in [-0.3, -0.25) is 9.59 Å². The zero-order valence-electron chi connectivity index (χ0n) is 12.4. The summed E-state index contributed by atoms with van der Waals surface area (Å²) >= 11 is 0. The maximum atomic E-state index is 12.1. The van der Waals surface area contributed by atoms with Crippen molar-refractivity contribution in [3.05, 3.63) is 18.7 Å². The Morgan fingerprint density at radius 2 is 1.48 bits per heavy atom. The fourth-order valence-electron chi connectivity index (χ4n) is 3.07. The highest BCUT2D eigenvalue weighted by Crippen LogP contribution is 2.08. The molecular weight excluding hydrogens is 268 g/mol.